The number of carbonyl (C=O) groups is 1. The maximum atomic E-state index is 12.7. The lowest BCUT2D eigenvalue weighted by Gasteiger charge is -2.30. The van der Waals surface area contributed by atoms with Crippen molar-refractivity contribution in [1.82, 2.24) is 14.9 Å². The van der Waals surface area contributed by atoms with Crippen LogP contribution in [0.1, 0.15) is 38.1 Å². The minimum Gasteiger partial charge on any atom is -0.374 e. The van der Waals surface area contributed by atoms with Crippen LogP contribution in [0.3, 0.4) is 0 Å². The highest BCUT2D eigenvalue weighted by Crippen LogP contribution is 2.32. The first kappa shape index (κ1) is 13.6. The van der Waals surface area contributed by atoms with Gasteiger partial charge >= 0.3 is 0 Å². The minimum atomic E-state index is -0.747. The Hall–Kier alpha value is -2.08. The number of nitrogens with one attached hydrogen (secondary N) is 2. The zero-order chi connectivity index (χ0) is 15.1. The second-order valence-electron chi connectivity index (χ2n) is 6.20. The number of hydrogen-bond acceptors (Lipinski definition) is 4. The Bertz CT molecular complexity index is 705. The standard InChI is InChI=1S/C16H20N4O2/c21-14-9-13(15(22)17-10-5-1-2-6-10)20-12-8-4-3-7-11(12)18-16(20)19-14/h3-4,7-8,10,13-14,21H,1-2,5-6,9H2,(H,17,22)(H,18,19)/t13-,14+/m1/s1. The van der Waals surface area contributed by atoms with Crippen molar-refractivity contribution in [3.63, 3.8) is 0 Å². The van der Waals surface area contributed by atoms with E-state index in [2.05, 4.69) is 15.6 Å². The summed E-state index contributed by atoms with van der Waals surface area (Å²) in [5.74, 6) is 0.545. The largest absolute Gasteiger partial charge is 0.374 e. The summed E-state index contributed by atoms with van der Waals surface area (Å²) < 4.78 is 1.91. The number of hydrogen-bond donors (Lipinski definition) is 3. The molecule has 0 radical (unpaired) electrons. The van der Waals surface area contributed by atoms with Crippen LogP contribution < -0.4 is 10.6 Å². The van der Waals surface area contributed by atoms with Gasteiger partial charge in [-0.2, -0.15) is 0 Å². The molecule has 2 heterocycles. The van der Waals surface area contributed by atoms with Crippen molar-refractivity contribution in [3.8, 4) is 0 Å². The van der Waals surface area contributed by atoms with E-state index in [9.17, 15) is 9.90 Å². The van der Waals surface area contributed by atoms with E-state index in [0.717, 1.165) is 23.9 Å². The van der Waals surface area contributed by atoms with Crippen LogP contribution >= 0.6 is 0 Å². The molecule has 1 amide bonds. The van der Waals surface area contributed by atoms with Crippen LogP contribution in [0, 0.1) is 0 Å². The van der Waals surface area contributed by atoms with Gasteiger partial charge in [0.25, 0.3) is 0 Å². The van der Waals surface area contributed by atoms with E-state index in [0.29, 0.717) is 12.4 Å². The molecule has 1 fully saturated rings. The summed E-state index contributed by atoms with van der Waals surface area (Å²) >= 11 is 0. The van der Waals surface area contributed by atoms with Gasteiger partial charge in [0.15, 0.2) is 0 Å². The van der Waals surface area contributed by atoms with Gasteiger partial charge in [-0.3, -0.25) is 9.36 Å². The lowest BCUT2D eigenvalue weighted by molar-refractivity contribution is -0.126. The number of aliphatic hydroxyl groups is 1. The number of amides is 1. The van der Waals surface area contributed by atoms with Crippen LogP contribution in [0.25, 0.3) is 11.0 Å². The van der Waals surface area contributed by atoms with Gasteiger partial charge in [0.1, 0.15) is 12.3 Å². The number of aliphatic hydroxyl groups excluding tert-OH is 1. The van der Waals surface area contributed by atoms with Crippen LogP contribution in [0.5, 0.6) is 0 Å². The maximum absolute atomic E-state index is 12.7. The fourth-order valence-electron chi connectivity index (χ4n) is 3.58. The van der Waals surface area contributed by atoms with E-state index in [4.69, 9.17) is 0 Å². The molecule has 2 aliphatic rings. The summed E-state index contributed by atoms with van der Waals surface area (Å²) in [5, 5.41) is 16.1. The Balaban J connectivity index is 1.69. The van der Waals surface area contributed by atoms with Crippen LogP contribution in [0.4, 0.5) is 5.95 Å². The van der Waals surface area contributed by atoms with Gasteiger partial charge in [0.05, 0.1) is 11.0 Å². The molecule has 22 heavy (non-hydrogen) atoms. The fourth-order valence-corrected chi connectivity index (χ4v) is 3.58. The summed E-state index contributed by atoms with van der Waals surface area (Å²) in [6.07, 6.45) is 4.07. The van der Waals surface area contributed by atoms with E-state index in [-0.39, 0.29) is 11.9 Å². The highest BCUT2D eigenvalue weighted by molar-refractivity contribution is 5.86. The molecule has 6 nitrogen and oxygen atoms in total. The summed E-state index contributed by atoms with van der Waals surface area (Å²) in [5.41, 5.74) is 1.75. The van der Waals surface area contributed by atoms with Crippen molar-refractivity contribution in [2.75, 3.05) is 5.32 Å². The first-order valence-corrected chi connectivity index (χ1v) is 7.94. The molecule has 1 aliphatic carbocycles. The van der Waals surface area contributed by atoms with E-state index in [1.54, 1.807) is 0 Å². The smallest absolute Gasteiger partial charge is 0.243 e. The molecule has 0 unspecified atom stereocenters. The van der Waals surface area contributed by atoms with Crippen LogP contribution in [0.2, 0.25) is 0 Å². The van der Waals surface area contributed by atoms with Crippen molar-refractivity contribution in [3.05, 3.63) is 24.3 Å². The Labute approximate surface area is 128 Å². The molecule has 1 aliphatic heterocycles. The number of anilines is 1. The number of aromatic nitrogens is 2. The first-order valence-electron chi connectivity index (χ1n) is 7.94. The Morgan fingerprint density at radius 2 is 2.09 bits per heavy atom. The minimum absolute atomic E-state index is 0.0168. The molecule has 0 saturated heterocycles. The number of carbonyl (C=O) groups excluding carboxylic acids is 1. The molecular weight excluding hydrogens is 280 g/mol. The molecule has 116 valence electrons. The Morgan fingerprint density at radius 3 is 2.91 bits per heavy atom. The predicted molar refractivity (Wildman–Crippen MR) is 83.4 cm³/mol. The molecule has 1 aromatic carbocycles. The summed E-state index contributed by atoms with van der Waals surface area (Å²) in [6, 6.07) is 7.60. The number of para-hydroxylation sites is 2. The third-order valence-corrected chi connectivity index (χ3v) is 4.65. The van der Waals surface area contributed by atoms with Gasteiger partial charge in [-0.15, -0.1) is 0 Å². The van der Waals surface area contributed by atoms with E-state index >= 15 is 0 Å². The molecule has 2 aromatic rings. The van der Waals surface area contributed by atoms with Crippen LogP contribution in [-0.2, 0) is 4.79 Å². The summed E-state index contributed by atoms with van der Waals surface area (Å²) in [6.45, 7) is 0. The summed E-state index contributed by atoms with van der Waals surface area (Å²) in [7, 11) is 0. The summed E-state index contributed by atoms with van der Waals surface area (Å²) in [4.78, 5) is 17.2. The van der Waals surface area contributed by atoms with Crippen molar-refractivity contribution < 1.29 is 9.90 Å². The number of rotatable bonds is 2. The molecular formula is C16H20N4O2. The van der Waals surface area contributed by atoms with Gasteiger partial charge in [-0.05, 0) is 25.0 Å². The molecule has 3 N–H and O–H groups in total. The average Bonchev–Trinajstić information content (AvgIpc) is 3.12. The van der Waals surface area contributed by atoms with Gasteiger partial charge in [-0.25, -0.2) is 4.98 Å². The van der Waals surface area contributed by atoms with Gasteiger partial charge in [0.2, 0.25) is 11.9 Å². The van der Waals surface area contributed by atoms with E-state index < -0.39 is 12.3 Å². The second-order valence-corrected chi connectivity index (χ2v) is 6.20. The Morgan fingerprint density at radius 1 is 1.32 bits per heavy atom. The molecule has 1 saturated carbocycles. The van der Waals surface area contributed by atoms with Gasteiger partial charge < -0.3 is 15.7 Å². The maximum Gasteiger partial charge on any atom is 0.243 e. The lowest BCUT2D eigenvalue weighted by atomic mass is 10.1. The molecule has 1 aromatic heterocycles. The molecule has 2 atom stereocenters. The topological polar surface area (TPSA) is 79.2 Å². The van der Waals surface area contributed by atoms with Crippen LogP contribution in [-0.4, -0.2) is 32.8 Å². The first-order chi connectivity index (χ1) is 10.7. The highest BCUT2D eigenvalue weighted by atomic mass is 16.3. The van der Waals surface area contributed by atoms with Gasteiger partial charge in [-0.1, -0.05) is 25.0 Å². The molecule has 0 spiro atoms. The normalized spacial score (nSPS) is 25.0. The van der Waals surface area contributed by atoms with Crippen molar-refractivity contribution in [1.29, 1.82) is 0 Å². The third kappa shape index (κ3) is 2.23. The average molecular weight is 300 g/mol. The van der Waals surface area contributed by atoms with Crippen LogP contribution in [0.15, 0.2) is 24.3 Å². The highest BCUT2D eigenvalue weighted by Gasteiger charge is 2.33. The van der Waals surface area contributed by atoms with Gasteiger partial charge in [0, 0.05) is 12.5 Å². The molecule has 0 bridgehead atoms. The number of imidazole rings is 1. The second kappa shape index (κ2) is 5.28. The molecule has 4 rings (SSSR count). The zero-order valence-electron chi connectivity index (χ0n) is 12.3. The quantitative estimate of drug-likeness (QED) is 0.790. The zero-order valence-corrected chi connectivity index (χ0v) is 12.3. The van der Waals surface area contributed by atoms with E-state index in [1.165, 1.54) is 12.8 Å². The monoisotopic (exact) mass is 300 g/mol. The third-order valence-electron chi connectivity index (χ3n) is 4.65. The number of benzene rings is 1. The number of fused-ring (bicyclic) bond motifs is 3. The number of nitrogens with zero attached hydrogens (tertiary/aromatic N) is 2. The fraction of sp³-hybridized carbons (Fsp3) is 0.500. The lowest BCUT2D eigenvalue weighted by Crippen LogP contribution is -2.43. The predicted octanol–water partition coefficient (Wildman–Crippen LogP) is 1.77. The van der Waals surface area contributed by atoms with Crippen molar-refractivity contribution >= 4 is 22.9 Å². The van der Waals surface area contributed by atoms with E-state index in [1.807, 2.05) is 28.8 Å². The Kier molecular flexibility index (Phi) is 3.26. The molecule has 6 heteroatoms. The van der Waals surface area contributed by atoms with Crippen molar-refractivity contribution in [2.45, 2.75) is 50.4 Å². The SMILES string of the molecule is O=C(NC1CCCC1)[C@H]1C[C@H](O)Nc2nc3ccccc3n21. The van der Waals surface area contributed by atoms with Crippen molar-refractivity contribution in [2.24, 2.45) is 0 Å².